The van der Waals surface area contributed by atoms with Crippen molar-refractivity contribution < 1.29 is 14.3 Å². The van der Waals surface area contributed by atoms with Gasteiger partial charge in [0.05, 0.1) is 6.54 Å². The Balaban J connectivity index is 1.98. The number of carbonyl (C=O) groups excluding carboxylic acids is 2. The van der Waals surface area contributed by atoms with E-state index >= 15 is 0 Å². The van der Waals surface area contributed by atoms with Crippen LogP contribution in [0.25, 0.3) is 5.57 Å². The average Bonchev–Trinajstić information content (AvgIpc) is 3.20. The lowest BCUT2D eigenvalue weighted by Gasteiger charge is -2.22. The lowest BCUT2D eigenvalue weighted by atomic mass is 9.97. The number of cyclic esters (lactones) is 1. The number of benzene rings is 1. The molecule has 0 saturated carbocycles. The van der Waals surface area contributed by atoms with Crippen LogP contribution in [0.2, 0.25) is 0 Å². The van der Waals surface area contributed by atoms with Crippen LogP contribution in [0.3, 0.4) is 0 Å². The molecule has 1 unspecified atom stereocenters. The zero-order chi connectivity index (χ0) is 19.2. The SMILES string of the molecule is CCCCCCC1=C(N2CCOC2=O)C(/C=C/CC(C)=O)c2ccccc21. The van der Waals surface area contributed by atoms with Crippen molar-refractivity contribution in [1.29, 1.82) is 0 Å². The molecule has 1 amide bonds. The summed E-state index contributed by atoms with van der Waals surface area (Å²) >= 11 is 0. The fourth-order valence-electron chi connectivity index (χ4n) is 4.02. The van der Waals surface area contributed by atoms with E-state index in [0.717, 1.165) is 18.5 Å². The third kappa shape index (κ3) is 4.32. The van der Waals surface area contributed by atoms with Gasteiger partial charge in [-0.25, -0.2) is 4.79 Å². The molecule has 0 radical (unpaired) electrons. The highest BCUT2D eigenvalue weighted by molar-refractivity contribution is 5.84. The lowest BCUT2D eigenvalue weighted by molar-refractivity contribution is -0.116. The minimum absolute atomic E-state index is 0.00683. The number of hydrogen-bond acceptors (Lipinski definition) is 3. The third-order valence-corrected chi connectivity index (χ3v) is 5.29. The van der Waals surface area contributed by atoms with Gasteiger partial charge in [-0.05, 0) is 36.5 Å². The number of ketones is 1. The minimum atomic E-state index is -0.256. The molecule has 1 fully saturated rings. The van der Waals surface area contributed by atoms with Gasteiger partial charge in [0.25, 0.3) is 0 Å². The van der Waals surface area contributed by atoms with E-state index < -0.39 is 0 Å². The maximum atomic E-state index is 12.4. The molecule has 2 aliphatic rings. The Bertz CT molecular complexity index is 763. The Kier molecular flexibility index (Phi) is 6.49. The number of unbranched alkanes of at least 4 members (excludes halogenated alkanes) is 3. The van der Waals surface area contributed by atoms with Gasteiger partial charge in [0.2, 0.25) is 0 Å². The minimum Gasteiger partial charge on any atom is -0.447 e. The number of ether oxygens (including phenoxy) is 1. The van der Waals surface area contributed by atoms with E-state index in [1.807, 2.05) is 12.1 Å². The molecule has 0 spiro atoms. The predicted octanol–water partition coefficient (Wildman–Crippen LogP) is 5.45. The van der Waals surface area contributed by atoms with Gasteiger partial charge in [0.1, 0.15) is 12.4 Å². The van der Waals surface area contributed by atoms with Crippen molar-refractivity contribution in [2.45, 2.75) is 58.3 Å². The third-order valence-electron chi connectivity index (χ3n) is 5.29. The highest BCUT2D eigenvalue weighted by Gasteiger charge is 2.37. The summed E-state index contributed by atoms with van der Waals surface area (Å²) < 4.78 is 5.23. The number of Topliss-reactive ketones (excluding diaryl/α,β-unsaturated/α-hetero) is 1. The Labute approximate surface area is 161 Å². The average molecular weight is 367 g/mol. The van der Waals surface area contributed by atoms with Crippen molar-refractivity contribution in [1.82, 2.24) is 4.90 Å². The summed E-state index contributed by atoms with van der Waals surface area (Å²) in [6.45, 7) is 4.84. The Morgan fingerprint density at radius 2 is 2.07 bits per heavy atom. The normalized spacial score (nSPS) is 19.1. The molecule has 4 nitrogen and oxygen atoms in total. The van der Waals surface area contributed by atoms with E-state index in [-0.39, 0.29) is 17.8 Å². The van der Waals surface area contributed by atoms with Crippen molar-refractivity contribution in [3.8, 4) is 0 Å². The number of carbonyl (C=O) groups is 2. The predicted molar refractivity (Wildman–Crippen MR) is 107 cm³/mol. The van der Waals surface area contributed by atoms with Gasteiger partial charge in [0, 0.05) is 18.0 Å². The molecule has 1 heterocycles. The fourth-order valence-corrected chi connectivity index (χ4v) is 4.02. The van der Waals surface area contributed by atoms with Crippen molar-refractivity contribution in [2.75, 3.05) is 13.2 Å². The first-order valence-corrected chi connectivity index (χ1v) is 10.1. The van der Waals surface area contributed by atoms with Crippen LogP contribution in [-0.4, -0.2) is 29.9 Å². The highest BCUT2D eigenvalue weighted by Crippen LogP contribution is 2.47. The molecule has 1 atom stereocenters. The molecule has 0 bridgehead atoms. The van der Waals surface area contributed by atoms with Crippen LogP contribution in [0.4, 0.5) is 4.79 Å². The first kappa shape index (κ1) is 19.4. The molecule has 3 rings (SSSR count). The largest absolute Gasteiger partial charge is 0.447 e. The van der Waals surface area contributed by atoms with E-state index in [9.17, 15) is 9.59 Å². The molecule has 1 saturated heterocycles. The standard InChI is InChI=1S/C23H29NO3/c1-3-4-5-6-13-20-18-11-7-8-12-19(18)21(14-9-10-17(2)25)22(20)24-15-16-27-23(24)26/h7-9,11-12,14,21H,3-6,10,13,15-16H2,1-2H3/b14-9+. The topological polar surface area (TPSA) is 46.6 Å². The van der Waals surface area contributed by atoms with Crippen LogP contribution < -0.4 is 0 Å². The van der Waals surface area contributed by atoms with Gasteiger partial charge in [-0.2, -0.15) is 0 Å². The maximum Gasteiger partial charge on any atom is 0.414 e. The smallest absolute Gasteiger partial charge is 0.414 e. The molecule has 1 aliphatic heterocycles. The van der Waals surface area contributed by atoms with Crippen LogP contribution >= 0.6 is 0 Å². The molecule has 0 N–H and O–H groups in total. The fraction of sp³-hybridized carbons (Fsp3) is 0.478. The van der Waals surface area contributed by atoms with Gasteiger partial charge >= 0.3 is 6.09 Å². The van der Waals surface area contributed by atoms with E-state index in [2.05, 4.69) is 31.2 Å². The van der Waals surface area contributed by atoms with Crippen molar-refractivity contribution in [3.05, 3.63) is 53.2 Å². The first-order valence-electron chi connectivity index (χ1n) is 10.1. The molecular weight excluding hydrogens is 338 g/mol. The molecular formula is C23H29NO3. The second-order valence-electron chi connectivity index (χ2n) is 7.34. The van der Waals surface area contributed by atoms with E-state index in [0.29, 0.717) is 19.6 Å². The van der Waals surface area contributed by atoms with Crippen LogP contribution in [0.5, 0.6) is 0 Å². The lowest BCUT2D eigenvalue weighted by Crippen LogP contribution is -2.26. The summed E-state index contributed by atoms with van der Waals surface area (Å²) in [7, 11) is 0. The molecule has 4 heteroatoms. The Hall–Kier alpha value is -2.36. The number of fused-ring (bicyclic) bond motifs is 1. The molecule has 1 aromatic rings. The van der Waals surface area contributed by atoms with Crippen LogP contribution in [0.15, 0.2) is 42.1 Å². The first-order chi connectivity index (χ1) is 13.1. The number of amides is 1. The number of hydrogen-bond donors (Lipinski definition) is 0. The van der Waals surface area contributed by atoms with E-state index in [1.54, 1.807) is 11.8 Å². The van der Waals surface area contributed by atoms with Crippen molar-refractivity contribution in [3.63, 3.8) is 0 Å². The second-order valence-corrected chi connectivity index (χ2v) is 7.34. The Morgan fingerprint density at radius 1 is 1.26 bits per heavy atom. The number of rotatable bonds is 9. The van der Waals surface area contributed by atoms with Crippen molar-refractivity contribution in [2.24, 2.45) is 0 Å². The van der Waals surface area contributed by atoms with E-state index in [4.69, 9.17) is 4.74 Å². The summed E-state index contributed by atoms with van der Waals surface area (Å²) in [6, 6.07) is 8.40. The molecule has 0 aromatic heterocycles. The number of nitrogens with zero attached hydrogens (tertiary/aromatic N) is 1. The van der Waals surface area contributed by atoms with Crippen LogP contribution in [0, 0.1) is 0 Å². The van der Waals surface area contributed by atoms with Crippen LogP contribution in [-0.2, 0) is 9.53 Å². The van der Waals surface area contributed by atoms with Gasteiger partial charge in [-0.15, -0.1) is 0 Å². The molecule has 27 heavy (non-hydrogen) atoms. The van der Waals surface area contributed by atoms with Crippen molar-refractivity contribution >= 4 is 17.4 Å². The summed E-state index contributed by atoms with van der Waals surface area (Å²) in [6.07, 6.45) is 9.91. The zero-order valence-electron chi connectivity index (χ0n) is 16.4. The number of allylic oxidation sites excluding steroid dienone is 3. The van der Waals surface area contributed by atoms with E-state index in [1.165, 1.54) is 36.0 Å². The quantitative estimate of drug-likeness (QED) is 0.430. The summed E-state index contributed by atoms with van der Waals surface area (Å²) in [5.74, 6) is 0.149. The van der Waals surface area contributed by atoms with Gasteiger partial charge in [-0.1, -0.05) is 62.6 Å². The monoisotopic (exact) mass is 367 g/mol. The Morgan fingerprint density at radius 3 is 2.78 bits per heavy atom. The zero-order valence-corrected chi connectivity index (χ0v) is 16.4. The molecule has 144 valence electrons. The summed E-state index contributed by atoms with van der Waals surface area (Å²) in [5.41, 5.74) is 4.77. The molecule has 1 aromatic carbocycles. The van der Waals surface area contributed by atoms with Gasteiger partial charge in [0.15, 0.2) is 0 Å². The maximum absolute atomic E-state index is 12.4. The van der Waals surface area contributed by atoms with Gasteiger partial charge < -0.3 is 4.74 Å². The second kappa shape index (κ2) is 9.03. The summed E-state index contributed by atoms with van der Waals surface area (Å²) in [4.78, 5) is 25.5. The van der Waals surface area contributed by atoms with Crippen LogP contribution in [0.1, 0.15) is 69.4 Å². The summed E-state index contributed by atoms with van der Waals surface area (Å²) in [5, 5.41) is 0. The highest BCUT2D eigenvalue weighted by atomic mass is 16.6. The van der Waals surface area contributed by atoms with Gasteiger partial charge in [-0.3, -0.25) is 9.69 Å². The molecule has 1 aliphatic carbocycles.